The van der Waals surface area contributed by atoms with Gasteiger partial charge in [-0.25, -0.2) is 0 Å². The minimum Gasteiger partial charge on any atom is -0.368 e. The quantitative estimate of drug-likeness (QED) is 0.393. The second kappa shape index (κ2) is 9.56. The Kier molecular flexibility index (Phi) is 6.57. The van der Waals surface area contributed by atoms with Gasteiger partial charge in [-0.3, -0.25) is 4.79 Å². The summed E-state index contributed by atoms with van der Waals surface area (Å²) in [7, 11) is 0. The first kappa shape index (κ1) is 22.7. The molecule has 6 heteroatoms. The lowest BCUT2D eigenvalue weighted by molar-refractivity contribution is -0.126. The molecule has 168 valence electrons. The molecule has 0 saturated carbocycles. The lowest BCUT2D eigenvalue weighted by atomic mass is 10.1. The Labute approximate surface area is 200 Å². The highest BCUT2D eigenvalue weighted by atomic mass is 35.5. The van der Waals surface area contributed by atoms with E-state index in [9.17, 15) is 10.1 Å². The van der Waals surface area contributed by atoms with Crippen LogP contribution >= 0.6 is 11.6 Å². The van der Waals surface area contributed by atoms with Gasteiger partial charge in [0.25, 0.3) is 5.91 Å². The van der Waals surface area contributed by atoms with Crippen molar-refractivity contribution in [1.82, 2.24) is 9.47 Å². The molecular weight excluding hydrogens is 432 g/mol. The molecule has 0 bridgehead atoms. The van der Waals surface area contributed by atoms with Crippen LogP contribution in [0.3, 0.4) is 0 Å². The molecule has 0 spiro atoms. The number of carbonyl (C=O) groups excluding carboxylic acids is 1. The van der Waals surface area contributed by atoms with Gasteiger partial charge in [0.05, 0.1) is 0 Å². The van der Waals surface area contributed by atoms with Crippen molar-refractivity contribution in [3.63, 3.8) is 0 Å². The fourth-order valence-corrected chi connectivity index (χ4v) is 4.57. The summed E-state index contributed by atoms with van der Waals surface area (Å²) >= 11 is 6.24. The van der Waals surface area contributed by atoms with Crippen LogP contribution in [0.4, 0.5) is 5.69 Å². The highest BCUT2D eigenvalue weighted by molar-refractivity contribution is 6.30. The lowest BCUT2D eigenvalue weighted by Crippen LogP contribution is -2.49. The lowest BCUT2D eigenvalue weighted by Gasteiger charge is -2.36. The topological polar surface area (TPSA) is 52.3 Å². The fourth-order valence-electron chi connectivity index (χ4n) is 4.40. The second-order valence-corrected chi connectivity index (χ2v) is 8.81. The number of aryl methyl sites for hydroxylation is 2. The third-order valence-electron chi connectivity index (χ3n) is 6.22. The number of hydrogen-bond donors (Lipinski definition) is 0. The number of piperazine rings is 1. The molecule has 1 aliphatic rings. The van der Waals surface area contributed by atoms with E-state index in [-0.39, 0.29) is 11.5 Å². The SMILES string of the molecule is Cc1ccc(Cl)cc1-n1c(C)cc(/C=C(/C#N)C(=O)N2CCN(c3ccccc3)CC2)c1C. The van der Waals surface area contributed by atoms with Crippen LogP contribution < -0.4 is 4.90 Å². The number of amides is 1. The van der Waals surface area contributed by atoms with Gasteiger partial charge in [-0.2, -0.15) is 5.26 Å². The van der Waals surface area contributed by atoms with Gasteiger partial charge in [-0.15, -0.1) is 0 Å². The van der Waals surface area contributed by atoms with Crippen molar-refractivity contribution in [2.75, 3.05) is 31.1 Å². The van der Waals surface area contributed by atoms with Crippen LogP contribution in [0.15, 0.2) is 60.2 Å². The van der Waals surface area contributed by atoms with Crippen molar-refractivity contribution in [3.8, 4) is 11.8 Å². The molecule has 0 unspecified atom stereocenters. The van der Waals surface area contributed by atoms with Crippen molar-refractivity contribution in [2.24, 2.45) is 0 Å². The van der Waals surface area contributed by atoms with Crippen molar-refractivity contribution >= 4 is 29.3 Å². The molecule has 1 amide bonds. The van der Waals surface area contributed by atoms with Crippen LogP contribution in [0.5, 0.6) is 0 Å². The minimum atomic E-state index is -0.214. The fraction of sp³-hybridized carbons (Fsp3) is 0.259. The van der Waals surface area contributed by atoms with E-state index in [1.54, 1.807) is 11.0 Å². The van der Waals surface area contributed by atoms with E-state index in [1.165, 1.54) is 0 Å². The molecule has 0 radical (unpaired) electrons. The van der Waals surface area contributed by atoms with Crippen LogP contribution in [0, 0.1) is 32.1 Å². The Balaban J connectivity index is 1.55. The number of para-hydroxylation sites is 1. The molecule has 4 rings (SSSR count). The van der Waals surface area contributed by atoms with E-state index in [4.69, 9.17) is 11.6 Å². The summed E-state index contributed by atoms with van der Waals surface area (Å²) in [5, 5.41) is 10.5. The number of rotatable bonds is 4. The Hall–Kier alpha value is -3.49. The van der Waals surface area contributed by atoms with E-state index in [0.717, 1.165) is 47.0 Å². The standard InChI is InChI=1S/C27H27ClN4O/c1-19-9-10-24(28)17-26(19)32-20(2)15-22(21(32)3)16-23(18-29)27(33)31-13-11-30(12-14-31)25-7-5-4-6-8-25/h4-10,15-17H,11-14H2,1-3H3/b23-16-. The number of nitriles is 1. The zero-order valence-corrected chi connectivity index (χ0v) is 19.9. The number of nitrogens with zero attached hydrogens (tertiary/aromatic N) is 4. The molecule has 5 nitrogen and oxygen atoms in total. The number of halogens is 1. The van der Waals surface area contributed by atoms with Gasteiger partial charge in [0.15, 0.2) is 0 Å². The molecule has 0 N–H and O–H groups in total. The summed E-state index contributed by atoms with van der Waals surface area (Å²) in [6.07, 6.45) is 1.71. The van der Waals surface area contributed by atoms with Crippen LogP contribution in [0.25, 0.3) is 11.8 Å². The average molecular weight is 459 g/mol. The Morgan fingerprint density at radius 2 is 1.70 bits per heavy atom. The van der Waals surface area contributed by atoms with Gasteiger partial charge in [0.2, 0.25) is 0 Å². The van der Waals surface area contributed by atoms with Crippen LogP contribution in [0.2, 0.25) is 5.02 Å². The minimum absolute atomic E-state index is 0.159. The zero-order chi connectivity index (χ0) is 23.5. The monoisotopic (exact) mass is 458 g/mol. The van der Waals surface area contributed by atoms with Gasteiger partial charge in [-0.05, 0) is 68.3 Å². The third-order valence-corrected chi connectivity index (χ3v) is 6.46. The summed E-state index contributed by atoms with van der Waals surface area (Å²) in [6, 6.07) is 20.1. The van der Waals surface area contributed by atoms with Crippen LogP contribution in [0.1, 0.15) is 22.5 Å². The smallest absolute Gasteiger partial charge is 0.264 e. The molecule has 1 fully saturated rings. The van der Waals surface area contributed by atoms with E-state index >= 15 is 0 Å². The maximum absolute atomic E-state index is 13.1. The van der Waals surface area contributed by atoms with Gasteiger partial charge >= 0.3 is 0 Å². The summed E-state index contributed by atoms with van der Waals surface area (Å²) in [5.74, 6) is -0.214. The predicted molar refractivity (Wildman–Crippen MR) is 134 cm³/mol. The number of carbonyl (C=O) groups is 1. The van der Waals surface area contributed by atoms with Crippen LogP contribution in [-0.2, 0) is 4.79 Å². The van der Waals surface area contributed by atoms with E-state index in [1.807, 2.05) is 63.2 Å². The largest absolute Gasteiger partial charge is 0.368 e. The average Bonchev–Trinajstić information content (AvgIpc) is 3.11. The maximum atomic E-state index is 13.1. The summed E-state index contributed by atoms with van der Waals surface area (Å²) < 4.78 is 2.12. The Bertz CT molecular complexity index is 1250. The Morgan fingerprint density at radius 3 is 2.36 bits per heavy atom. The molecule has 2 aromatic carbocycles. The van der Waals surface area contributed by atoms with E-state index in [0.29, 0.717) is 18.1 Å². The molecule has 1 aromatic heterocycles. The highest BCUT2D eigenvalue weighted by Gasteiger charge is 2.24. The van der Waals surface area contributed by atoms with E-state index in [2.05, 4.69) is 27.7 Å². The second-order valence-electron chi connectivity index (χ2n) is 8.38. The molecule has 0 atom stereocenters. The van der Waals surface area contributed by atoms with Crippen LogP contribution in [-0.4, -0.2) is 41.6 Å². The first-order valence-electron chi connectivity index (χ1n) is 11.1. The summed E-state index contributed by atoms with van der Waals surface area (Å²) in [4.78, 5) is 17.2. The molecule has 0 aliphatic carbocycles. The number of aromatic nitrogens is 1. The van der Waals surface area contributed by atoms with Gasteiger partial charge in [-0.1, -0.05) is 35.9 Å². The van der Waals surface area contributed by atoms with Crippen molar-refractivity contribution in [2.45, 2.75) is 20.8 Å². The molecule has 3 aromatic rings. The highest BCUT2D eigenvalue weighted by Crippen LogP contribution is 2.27. The molecule has 1 saturated heterocycles. The molecular formula is C27H27ClN4O. The number of benzene rings is 2. The number of hydrogen-bond acceptors (Lipinski definition) is 3. The molecule has 33 heavy (non-hydrogen) atoms. The maximum Gasteiger partial charge on any atom is 0.264 e. The van der Waals surface area contributed by atoms with Gasteiger partial charge in [0.1, 0.15) is 11.6 Å². The van der Waals surface area contributed by atoms with Gasteiger partial charge in [0, 0.05) is 54.0 Å². The van der Waals surface area contributed by atoms with Crippen molar-refractivity contribution in [3.05, 3.63) is 87.7 Å². The van der Waals surface area contributed by atoms with Crippen molar-refractivity contribution < 1.29 is 4.79 Å². The van der Waals surface area contributed by atoms with Crippen molar-refractivity contribution in [1.29, 1.82) is 5.26 Å². The van der Waals surface area contributed by atoms with E-state index < -0.39 is 0 Å². The first-order chi connectivity index (χ1) is 15.9. The predicted octanol–water partition coefficient (Wildman–Crippen LogP) is 5.31. The molecule has 2 heterocycles. The summed E-state index contributed by atoms with van der Waals surface area (Å²) in [6.45, 7) is 8.73. The Morgan fingerprint density at radius 1 is 1.00 bits per heavy atom. The van der Waals surface area contributed by atoms with Gasteiger partial charge < -0.3 is 14.4 Å². The summed E-state index contributed by atoms with van der Waals surface area (Å²) in [5.41, 5.74) is 6.26. The normalized spacial score (nSPS) is 14.3. The zero-order valence-electron chi connectivity index (χ0n) is 19.2. The third kappa shape index (κ3) is 4.67. The molecule has 1 aliphatic heterocycles. The first-order valence-corrected chi connectivity index (χ1v) is 11.4. The number of anilines is 1.